The highest BCUT2D eigenvalue weighted by Crippen LogP contribution is 2.46. The fourth-order valence-corrected chi connectivity index (χ4v) is 12.5. The Hall–Kier alpha value is -9.51. The molecule has 1 saturated heterocycles. The molecule has 33 heteroatoms. The van der Waals surface area contributed by atoms with Gasteiger partial charge in [0.05, 0.1) is 67.9 Å². The molecule has 1 aliphatic carbocycles. The standard InChI is InChI=1S/C66H79F2N11O20/c1-4-66(96)38-22-44-56-36(28-79(44)62(93)37(38)30-98-64(66)95)55-40(15-14-35-33(2)39(67)23-42(76-56)54(35)55)77-63(94)65(3,68)31-97-32-73-50(84)26-72-61(92)43(21-34-11-7-5-8-12-34)75-51(85)27-70-49(83)25-71-60(91)41(74-48(82)13-9-6-10-20-78-52(86)18-19-53(78)87)16-17-47(81)69-24-45-57(88)59(90)58(89)46(29-80)99-45/h5,7-8,11-12,18-19,22-23,40-41,43,45-46,57-59,80,88-90,96H,4,6,9-10,13-17,20-21,24-32H2,1-3H3,(H,69,81)(H,70,83)(H,71,91)(H,72,92)(H,73,84)(H,74,82)(H,75,85)(H,77,94)/t40-,41?,43-,45-,46+,57-,58+,59+,65?,66-/m0/s1. The Morgan fingerprint density at radius 1 is 0.788 bits per heavy atom. The van der Waals surface area contributed by atoms with E-state index in [1.54, 1.807) is 44.2 Å². The lowest BCUT2D eigenvalue weighted by Gasteiger charge is -2.40. The summed E-state index contributed by atoms with van der Waals surface area (Å²) in [5, 5.41) is 71.7. The molecule has 10 atom stereocenters. The van der Waals surface area contributed by atoms with Gasteiger partial charge in [0, 0.05) is 67.1 Å². The molecule has 0 spiro atoms. The molecule has 2 aromatic heterocycles. The number of carbonyl (C=O) groups is 11. The number of rotatable bonds is 31. The molecule has 4 aromatic rings. The summed E-state index contributed by atoms with van der Waals surface area (Å²) in [4.78, 5) is 163. The lowest BCUT2D eigenvalue weighted by Crippen LogP contribution is -2.60. The van der Waals surface area contributed by atoms with Crippen LogP contribution in [0.5, 0.6) is 0 Å². The van der Waals surface area contributed by atoms with Crippen molar-refractivity contribution >= 4 is 75.9 Å². The number of halogens is 2. The van der Waals surface area contributed by atoms with E-state index in [0.29, 0.717) is 46.0 Å². The zero-order chi connectivity index (χ0) is 71.6. The van der Waals surface area contributed by atoms with Crippen LogP contribution in [0.1, 0.15) is 110 Å². The van der Waals surface area contributed by atoms with Crippen molar-refractivity contribution in [2.75, 3.05) is 52.7 Å². The summed E-state index contributed by atoms with van der Waals surface area (Å²) in [5.74, 6) is -9.17. The first-order valence-corrected chi connectivity index (χ1v) is 32.4. The summed E-state index contributed by atoms with van der Waals surface area (Å²) in [6.45, 7) is -0.918. The molecule has 2 aromatic carbocycles. The number of fused-ring (bicyclic) bond motifs is 5. The van der Waals surface area contributed by atoms with Crippen molar-refractivity contribution in [1.82, 2.24) is 57.0 Å². The zero-order valence-corrected chi connectivity index (χ0v) is 54.4. The van der Waals surface area contributed by atoms with E-state index >= 15 is 8.78 Å². The molecule has 99 heavy (non-hydrogen) atoms. The number of aryl methyl sites for hydroxylation is 1. The summed E-state index contributed by atoms with van der Waals surface area (Å²) in [5.41, 5.74) is -2.03. The van der Waals surface area contributed by atoms with Crippen LogP contribution >= 0.6 is 0 Å². The molecular weight excluding hydrogens is 1300 g/mol. The Morgan fingerprint density at radius 2 is 1.45 bits per heavy atom. The van der Waals surface area contributed by atoms with Gasteiger partial charge < -0.3 is 86.8 Å². The maximum atomic E-state index is 16.4. The van der Waals surface area contributed by atoms with Crippen molar-refractivity contribution in [2.45, 2.75) is 158 Å². The molecule has 31 nitrogen and oxygen atoms in total. The van der Waals surface area contributed by atoms with E-state index in [0.717, 1.165) is 24.0 Å². The Kier molecular flexibility index (Phi) is 23.8. The van der Waals surface area contributed by atoms with Crippen LogP contribution in [0, 0.1) is 12.7 Å². The highest BCUT2D eigenvalue weighted by Gasteiger charge is 2.47. The van der Waals surface area contributed by atoms with Gasteiger partial charge in [-0.2, -0.15) is 0 Å². The number of nitrogens with one attached hydrogen (secondary N) is 8. The summed E-state index contributed by atoms with van der Waals surface area (Å²) < 4.78 is 49.3. The Balaban J connectivity index is 0.744. The number of aliphatic hydroxyl groups excluding tert-OH is 4. The van der Waals surface area contributed by atoms with Crippen LogP contribution in [0.4, 0.5) is 8.78 Å². The Bertz CT molecular complexity index is 3910. The number of alkyl halides is 1. The first-order valence-electron chi connectivity index (χ1n) is 32.4. The Labute approximate surface area is 564 Å². The third-order valence-electron chi connectivity index (χ3n) is 18.1. The number of hydrogen-bond acceptors (Lipinski definition) is 21. The third kappa shape index (κ3) is 17.0. The average molecular weight is 1380 g/mol. The number of amides is 10. The van der Waals surface area contributed by atoms with Crippen molar-refractivity contribution in [2.24, 2.45) is 0 Å². The second kappa shape index (κ2) is 32.0. The van der Waals surface area contributed by atoms with Crippen LogP contribution in [0.25, 0.3) is 22.3 Å². The van der Waals surface area contributed by atoms with E-state index < -0.39 is 182 Å². The van der Waals surface area contributed by atoms with E-state index in [9.17, 15) is 83.1 Å². The topological polar surface area (TPSA) is 451 Å². The minimum Gasteiger partial charge on any atom is -0.458 e. The molecule has 0 bridgehead atoms. The number of imide groups is 1. The zero-order valence-electron chi connectivity index (χ0n) is 54.4. The van der Waals surface area contributed by atoms with Crippen LogP contribution < -0.4 is 48.1 Å². The minimum atomic E-state index is -2.72. The fourth-order valence-electron chi connectivity index (χ4n) is 12.5. The maximum absolute atomic E-state index is 16.4. The predicted octanol–water partition coefficient (Wildman–Crippen LogP) is -2.77. The number of aliphatic hydroxyl groups is 5. The van der Waals surface area contributed by atoms with Gasteiger partial charge in [0.15, 0.2) is 5.60 Å². The van der Waals surface area contributed by atoms with Gasteiger partial charge in [-0.3, -0.25) is 57.6 Å². The smallest absolute Gasteiger partial charge is 0.343 e. The largest absolute Gasteiger partial charge is 0.458 e. The molecule has 13 N–H and O–H groups in total. The molecule has 0 radical (unpaired) electrons. The number of hydrogen-bond donors (Lipinski definition) is 13. The van der Waals surface area contributed by atoms with Crippen molar-refractivity contribution in [1.29, 1.82) is 0 Å². The molecular formula is C66H79F2N11O20. The molecule has 1 fully saturated rings. The minimum absolute atomic E-state index is 0.0605. The van der Waals surface area contributed by atoms with E-state index in [4.69, 9.17) is 19.2 Å². The van der Waals surface area contributed by atoms with E-state index in [-0.39, 0.29) is 99.2 Å². The first kappa shape index (κ1) is 73.7. The number of pyridine rings is 2. The third-order valence-corrected chi connectivity index (χ3v) is 18.1. The predicted molar refractivity (Wildman–Crippen MR) is 340 cm³/mol. The SMILES string of the molecule is CC[C@@]1(O)C(=O)OCc2c1cc1n(c2=O)Cc2c-1nc1cc(F)c(C)c3c1c2[C@@H](NC(=O)C(C)(F)COCNC(=O)CNC(=O)[C@H](Cc1ccccc1)NC(=O)CNC(=O)CNC(=O)C(CCC(=O)NC[C@@H]1O[C@H](CO)[C@@H](O)[C@H](O)[C@H]1O)NC(=O)CCCCCN1C(=O)C=CC1=O)CC3. The molecule has 5 aliphatic rings. The van der Waals surface area contributed by atoms with Crippen LogP contribution in [-0.2, 0) is 98.5 Å². The average Bonchev–Trinajstić information content (AvgIpc) is 1.59. The van der Waals surface area contributed by atoms with E-state index in [1.165, 1.54) is 16.7 Å². The van der Waals surface area contributed by atoms with Gasteiger partial charge in [-0.25, -0.2) is 18.6 Å². The molecule has 6 heterocycles. The summed E-state index contributed by atoms with van der Waals surface area (Å²) in [6.07, 6.45) is -4.71. The lowest BCUT2D eigenvalue weighted by atomic mass is 9.81. The second-order valence-corrected chi connectivity index (χ2v) is 25.0. The van der Waals surface area contributed by atoms with Crippen molar-refractivity contribution in [3.63, 3.8) is 0 Å². The number of ether oxygens (including phenoxy) is 3. The van der Waals surface area contributed by atoms with E-state index in [1.807, 2.05) is 0 Å². The van der Waals surface area contributed by atoms with Crippen molar-refractivity contribution in [3.05, 3.63) is 110 Å². The highest BCUT2D eigenvalue weighted by molar-refractivity contribution is 6.13. The number of unbranched alkanes of at least 4 members (excludes halogenated alkanes) is 2. The number of carbonyl (C=O) groups excluding carboxylic acids is 11. The number of esters is 1. The van der Waals surface area contributed by atoms with E-state index in [2.05, 4.69) is 42.5 Å². The first-order chi connectivity index (χ1) is 47.1. The molecule has 2 unspecified atom stereocenters. The summed E-state index contributed by atoms with van der Waals surface area (Å²) >= 11 is 0. The number of aromatic nitrogens is 2. The second-order valence-electron chi connectivity index (χ2n) is 25.0. The summed E-state index contributed by atoms with van der Waals surface area (Å²) in [7, 11) is 0. The molecule has 9 rings (SSSR count). The number of nitrogens with zero attached hydrogens (tertiary/aromatic N) is 3. The highest BCUT2D eigenvalue weighted by atomic mass is 19.1. The normalized spacial score (nSPS) is 21.6. The van der Waals surface area contributed by atoms with Gasteiger partial charge in [0.2, 0.25) is 47.0 Å². The van der Waals surface area contributed by atoms with Gasteiger partial charge in [-0.1, -0.05) is 43.7 Å². The van der Waals surface area contributed by atoms with Crippen molar-refractivity contribution < 1.29 is 101 Å². The fraction of sp³-hybridized carbons (Fsp3) is 0.500. The van der Waals surface area contributed by atoms with Crippen LogP contribution in [0.2, 0.25) is 0 Å². The molecule has 0 saturated carbocycles. The van der Waals surface area contributed by atoms with Gasteiger partial charge in [-0.15, -0.1) is 0 Å². The van der Waals surface area contributed by atoms with Gasteiger partial charge in [0.1, 0.15) is 61.8 Å². The van der Waals surface area contributed by atoms with Gasteiger partial charge in [-0.05, 0) is 80.7 Å². The van der Waals surface area contributed by atoms with Gasteiger partial charge in [0.25, 0.3) is 23.3 Å². The van der Waals surface area contributed by atoms with Crippen LogP contribution in [-0.4, -0.2) is 206 Å². The van der Waals surface area contributed by atoms with Crippen LogP contribution in [0.15, 0.2) is 59.4 Å². The lowest BCUT2D eigenvalue weighted by molar-refractivity contribution is -0.227. The van der Waals surface area contributed by atoms with Crippen molar-refractivity contribution in [3.8, 4) is 11.4 Å². The summed E-state index contributed by atoms with van der Waals surface area (Å²) in [6, 6.07) is 7.51. The van der Waals surface area contributed by atoms with Crippen LogP contribution in [0.3, 0.4) is 0 Å². The molecule has 532 valence electrons. The quantitative estimate of drug-likeness (QED) is 0.00925. The molecule has 10 amide bonds. The molecule has 4 aliphatic heterocycles. The Morgan fingerprint density at radius 3 is 2.15 bits per heavy atom. The maximum Gasteiger partial charge on any atom is 0.343 e. The monoisotopic (exact) mass is 1380 g/mol. The number of benzene rings is 2. The van der Waals surface area contributed by atoms with Gasteiger partial charge >= 0.3 is 5.97 Å². The number of cyclic esters (lactones) is 1.